The van der Waals surface area contributed by atoms with Crippen molar-refractivity contribution in [3.05, 3.63) is 24.8 Å². The molecule has 2 unspecified atom stereocenters. The van der Waals surface area contributed by atoms with Crippen LogP contribution in [-0.2, 0) is 9.47 Å². The minimum Gasteiger partial charge on any atom is -0.386 e. The molecule has 0 aromatic carbocycles. The number of imidazole rings is 1. The number of ether oxygens (including phenoxy) is 2. The van der Waals surface area contributed by atoms with Crippen molar-refractivity contribution < 1.29 is 19.7 Å². The Labute approximate surface area is 162 Å². The predicted molar refractivity (Wildman–Crippen MR) is 101 cm³/mol. The molecule has 9 nitrogen and oxygen atoms in total. The third-order valence-electron chi connectivity index (χ3n) is 5.22. The molecule has 3 heterocycles. The van der Waals surface area contributed by atoms with Crippen LogP contribution in [0.1, 0.15) is 25.5 Å². The van der Waals surface area contributed by atoms with Crippen LogP contribution in [0.25, 0.3) is 11.2 Å². The van der Waals surface area contributed by atoms with Gasteiger partial charge in [-0.2, -0.15) is 0 Å². The van der Waals surface area contributed by atoms with Gasteiger partial charge >= 0.3 is 0 Å². The van der Waals surface area contributed by atoms with Gasteiger partial charge in [-0.1, -0.05) is 18.1 Å². The van der Waals surface area contributed by atoms with E-state index >= 15 is 0 Å². The van der Waals surface area contributed by atoms with Gasteiger partial charge < -0.3 is 25.0 Å². The molecule has 0 bridgehead atoms. The van der Waals surface area contributed by atoms with Crippen LogP contribution in [0.2, 0.25) is 0 Å². The molecular formula is C19H23N5O4. The Kier molecular flexibility index (Phi) is 5.28. The highest BCUT2D eigenvalue weighted by molar-refractivity contribution is 5.83. The Morgan fingerprint density at radius 2 is 2.11 bits per heavy atom. The van der Waals surface area contributed by atoms with Crippen LogP contribution in [0, 0.1) is 12.3 Å². The van der Waals surface area contributed by atoms with Crippen LogP contribution in [0.4, 0.5) is 5.82 Å². The number of terminal acetylenes is 1. The average Bonchev–Trinajstić information content (AvgIpc) is 3.16. The van der Waals surface area contributed by atoms with Gasteiger partial charge in [0, 0.05) is 13.2 Å². The SMILES string of the molecule is C#C[C@H]1O[C@@H](n2cnc3c(NC4C=CC(OC)CCC4)ncnc32)[C@H](O)[C@@H]1O. The molecule has 2 aromatic heterocycles. The molecule has 6 atom stereocenters. The molecule has 1 aliphatic heterocycles. The van der Waals surface area contributed by atoms with E-state index in [4.69, 9.17) is 15.9 Å². The molecule has 0 radical (unpaired) electrons. The second-order valence-corrected chi connectivity index (χ2v) is 6.98. The molecule has 1 aliphatic carbocycles. The normalized spacial score (nSPS) is 32.9. The fourth-order valence-corrected chi connectivity index (χ4v) is 3.65. The van der Waals surface area contributed by atoms with Gasteiger partial charge in [-0.25, -0.2) is 15.0 Å². The van der Waals surface area contributed by atoms with Crippen LogP contribution in [0.15, 0.2) is 24.8 Å². The number of rotatable bonds is 4. The van der Waals surface area contributed by atoms with Crippen molar-refractivity contribution in [1.82, 2.24) is 19.5 Å². The van der Waals surface area contributed by atoms with Crippen LogP contribution < -0.4 is 5.32 Å². The molecule has 28 heavy (non-hydrogen) atoms. The second-order valence-electron chi connectivity index (χ2n) is 6.98. The van der Waals surface area contributed by atoms with Gasteiger partial charge in [0.05, 0.1) is 12.4 Å². The smallest absolute Gasteiger partial charge is 0.167 e. The van der Waals surface area contributed by atoms with Crippen LogP contribution in [0.3, 0.4) is 0 Å². The van der Waals surface area contributed by atoms with Gasteiger partial charge in [0.25, 0.3) is 0 Å². The van der Waals surface area contributed by atoms with Crippen molar-refractivity contribution in [2.24, 2.45) is 0 Å². The number of anilines is 1. The molecule has 2 aliphatic rings. The molecule has 3 N–H and O–H groups in total. The Hall–Kier alpha value is -2.51. The van der Waals surface area contributed by atoms with Gasteiger partial charge in [0.1, 0.15) is 24.6 Å². The summed E-state index contributed by atoms with van der Waals surface area (Å²) in [5.41, 5.74) is 1.04. The monoisotopic (exact) mass is 385 g/mol. The summed E-state index contributed by atoms with van der Waals surface area (Å²) in [7, 11) is 1.71. The summed E-state index contributed by atoms with van der Waals surface area (Å²) in [6.45, 7) is 0. The molecule has 1 fully saturated rings. The Balaban J connectivity index is 1.60. The van der Waals surface area contributed by atoms with Crippen molar-refractivity contribution >= 4 is 17.0 Å². The number of methoxy groups -OCH3 is 1. The van der Waals surface area contributed by atoms with E-state index in [0.717, 1.165) is 19.3 Å². The molecule has 2 aromatic rings. The third kappa shape index (κ3) is 3.36. The van der Waals surface area contributed by atoms with Crippen LogP contribution in [0.5, 0.6) is 0 Å². The largest absolute Gasteiger partial charge is 0.386 e. The number of aliphatic hydroxyl groups excluding tert-OH is 2. The summed E-state index contributed by atoms with van der Waals surface area (Å²) >= 11 is 0. The second kappa shape index (κ2) is 7.85. The van der Waals surface area contributed by atoms with Crippen molar-refractivity contribution in [1.29, 1.82) is 0 Å². The third-order valence-corrected chi connectivity index (χ3v) is 5.22. The minimum atomic E-state index is -1.18. The van der Waals surface area contributed by atoms with E-state index in [-0.39, 0.29) is 12.1 Å². The standard InChI is InChI=1S/C19H23N5O4/c1-3-13-15(25)16(26)19(28-13)24-10-22-14-17(20-9-21-18(14)24)23-11-5-4-6-12(27-2)8-7-11/h1,7-13,15-16,19,25-26H,4-6H2,2H3,(H,20,21,23)/t11?,12?,13-,15-,16-,19-/m1/s1. The summed E-state index contributed by atoms with van der Waals surface area (Å²) in [4.78, 5) is 13.0. The summed E-state index contributed by atoms with van der Waals surface area (Å²) in [6.07, 6.45) is 11.4. The van der Waals surface area contributed by atoms with Crippen LogP contribution >= 0.6 is 0 Å². The predicted octanol–water partition coefficient (Wildman–Crippen LogP) is 0.614. The van der Waals surface area contributed by atoms with E-state index in [1.165, 1.54) is 12.7 Å². The minimum absolute atomic E-state index is 0.101. The highest BCUT2D eigenvalue weighted by Crippen LogP contribution is 2.32. The maximum atomic E-state index is 10.3. The lowest BCUT2D eigenvalue weighted by Crippen LogP contribution is -2.30. The van der Waals surface area contributed by atoms with E-state index in [0.29, 0.717) is 17.0 Å². The number of aromatic nitrogens is 4. The lowest BCUT2D eigenvalue weighted by atomic mass is 10.1. The molecular weight excluding hydrogens is 362 g/mol. The quantitative estimate of drug-likeness (QED) is 0.518. The number of fused-ring (bicyclic) bond motifs is 1. The van der Waals surface area contributed by atoms with E-state index in [9.17, 15) is 10.2 Å². The lowest BCUT2D eigenvalue weighted by Gasteiger charge is -2.17. The first-order valence-corrected chi connectivity index (χ1v) is 9.25. The van der Waals surface area contributed by atoms with Gasteiger partial charge in [-0.15, -0.1) is 6.42 Å². The number of hydrogen-bond acceptors (Lipinski definition) is 8. The summed E-state index contributed by atoms with van der Waals surface area (Å²) in [5.74, 6) is 2.93. The number of aliphatic hydroxyl groups is 2. The average molecular weight is 385 g/mol. The number of nitrogens with one attached hydrogen (secondary N) is 1. The molecule has 0 amide bonds. The Bertz CT molecular complexity index is 907. The summed E-state index contributed by atoms with van der Waals surface area (Å²) < 4.78 is 12.6. The lowest BCUT2D eigenvalue weighted by molar-refractivity contribution is -0.0230. The topological polar surface area (TPSA) is 115 Å². The first-order chi connectivity index (χ1) is 13.6. The van der Waals surface area contributed by atoms with Gasteiger partial charge in [0.2, 0.25) is 0 Å². The molecule has 148 valence electrons. The van der Waals surface area contributed by atoms with Gasteiger partial charge in [0.15, 0.2) is 23.2 Å². The Morgan fingerprint density at radius 3 is 2.86 bits per heavy atom. The summed E-state index contributed by atoms with van der Waals surface area (Å²) in [6, 6.07) is 0.101. The Morgan fingerprint density at radius 1 is 1.25 bits per heavy atom. The molecule has 4 rings (SSSR count). The van der Waals surface area contributed by atoms with Crippen molar-refractivity contribution in [3.63, 3.8) is 0 Å². The first kappa shape index (κ1) is 18.8. The molecule has 0 spiro atoms. The van der Waals surface area contributed by atoms with Crippen molar-refractivity contribution in [2.45, 2.75) is 55.9 Å². The maximum absolute atomic E-state index is 10.3. The van der Waals surface area contributed by atoms with Crippen molar-refractivity contribution in [3.8, 4) is 12.3 Å². The molecule has 1 saturated heterocycles. The van der Waals surface area contributed by atoms with Crippen LogP contribution in [-0.4, -0.2) is 67.3 Å². The highest BCUT2D eigenvalue weighted by Gasteiger charge is 2.43. The van der Waals surface area contributed by atoms with E-state index in [1.54, 1.807) is 11.7 Å². The van der Waals surface area contributed by atoms with E-state index in [2.05, 4.69) is 38.3 Å². The van der Waals surface area contributed by atoms with E-state index < -0.39 is 24.5 Å². The fourth-order valence-electron chi connectivity index (χ4n) is 3.65. The van der Waals surface area contributed by atoms with Crippen molar-refractivity contribution in [2.75, 3.05) is 12.4 Å². The maximum Gasteiger partial charge on any atom is 0.167 e. The number of hydrogen-bond donors (Lipinski definition) is 3. The van der Waals surface area contributed by atoms with E-state index in [1.807, 2.05) is 0 Å². The van der Waals surface area contributed by atoms with Gasteiger partial charge in [-0.3, -0.25) is 4.57 Å². The molecule has 0 saturated carbocycles. The zero-order valence-corrected chi connectivity index (χ0v) is 15.5. The summed E-state index contributed by atoms with van der Waals surface area (Å²) in [5, 5.41) is 23.7. The number of nitrogens with zero attached hydrogens (tertiary/aromatic N) is 4. The fraction of sp³-hybridized carbons (Fsp3) is 0.526. The zero-order valence-electron chi connectivity index (χ0n) is 15.5. The zero-order chi connectivity index (χ0) is 19.7. The first-order valence-electron chi connectivity index (χ1n) is 9.25. The molecule has 9 heteroatoms. The highest BCUT2D eigenvalue weighted by atomic mass is 16.6. The van der Waals surface area contributed by atoms with Gasteiger partial charge in [-0.05, 0) is 19.3 Å².